The third-order valence-electron chi connectivity index (χ3n) is 1.77. The van der Waals surface area contributed by atoms with Crippen LogP contribution < -0.4 is 0 Å². The number of hydrogen-bond acceptors (Lipinski definition) is 3. The first-order valence-electron chi connectivity index (χ1n) is 3.66. The van der Waals surface area contributed by atoms with Crippen molar-refractivity contribution < 1.29 is 9.90 Å². The number of rotatable bonds is 2. The molecule has 0 aliphatic rings. The first-order valence-corrected chi connectivity index (χ1v) is 4.64. The molecule has 1 N–H and O–H groups in total. The van der Waals surface area contributed by atoms with Gasteiger partial charge in [-0.2, -0.15) is 5.26 Å². The molecule has 0 radical (unpaired) electrons. The molecule has 0 spiro atoms. The van der Waals surface area contributed by atoms with Gasteiger partial charge in [0.25, 0.3) is 0 Å². The van der Waals surface area contributed by atoms with Gasteiger partial charge >= 0.3 is 5.97 Å². The van der Waals surface area contributed by atoms with Crippen LogP contribution in [0.1, 0.15) is 21.5 Å². The van der Waals surface area contributed by atoms with Gasteiger partial charge in [-0.05, 0) is 17.7 Å². The normalized spacial score (nSPS) is 9.50. The lowest BCUT2D eigenvalue weighted by Gasteiger charge is -2.06. The van der Waals surface area contributed by atoms with Crippen LogP contribution in [0, 0.1) is 11.3 Å². The van der Waals surface area contributed by atoms with Crippen molar-refractivity contribution in [2.75, 3.05) is 0 Å². The van der Waals surface area contributed by atoms with Gasteiger partial charge in [0.1, 0.15) is 0 Å². The van der Waals surface area contributed by atoms with E-state index < -0.39 is 5.97 Å². The smallest absolute Gasteiger partial charge is 0.336 e. The van der Waals surface area contributed by atoms with E-state index in [0.717, 1.165) is 0 Å². The summed E-state index contributed by atoms with van der Waals surface area (Å²) in [6, 6.07) is 4.71. The Bertz CT molecular complexity index is 426. The van der Waals surface area contributed by atoms with Crippen molar-refractivity contribution in [3.63, 3.8) is 0 Å². The number of nitriles is 1. The summed E-state index contributed by atoms with van der Waals surface area (Å²) in [5.41, 5.74) is 0.871. The first-order chi connectivity index (χ1) is 6.61. The van der Waals surface area contributed by atoms with Crippen LogP contribution >= 0.6 is 24.2 Å². The average Bonchev–Trinajstić information content (AvgIpc) is 2.16. The summed E-state index contributed by atoms with van der Waals surface area (Å²) in [6.45, 7) is 0. The highest BCUT2D eigenvalue weighted by Crippen LogP contribution is 2.24. The predicted octanol–water partition coefficient (Wildman–Crippen LogP) is 2.28. The fourth-order valence-corrected chi connectivity index (χ4v) is 1.79. The summed E-state index contributed by atoms with van der Waals surface area (Å²) in [5.74, 6) is -1.01. The zero-order valence-electron chi connectivity index (χ0n) is 6.99. The van der Waals surface area contributed by atoms with E-state index in [1.807, 2.05) is 6.07 Å². The molecule has 1 aromatic rings. The van der Waals surface area contributed by atoms with E-state index in [4.69, 9.17) is 22.0 Å². The molecule has 0 aromatic heterocycles. The number of aromatic carboxylic acids is 1. The quantitative estimate of drug-likeness (QED) is 0.602. The van der Waals surface area contributed by atoms with Crippen molar-refractivity contribution in [3.05, 3.63) is 28.8 Å². The van der Waals surface area contributed by atoms with Crippen LogP contribution in [0.25, 0.3) is 0 Å². The van der Waals surface area contributed by atoms with E-state index >= 15 is 0 Å². The maximum absolute atomic E-state index is 10.7. The summed E-state index contributed by atoms with van der Waals surface area (Å²) in [4.78, 5) is 11.0. The SMILES string of the molecule is N#Cc1ccc(C(=O)O)c(S)c1CCl. The van der Waals surface area contributed by atoms with Gasteiger partial charge in [0.15, 0.2) is 0 Å². The number of hydrogen-bond donors (Lipinski definition) is 2. The molecule has 0 fully saturated rings. The van der Waals surface area contributed by atoms with Crippen molar-refractivity contribution in [2.45, 2.75) is 10.8 Å². The van der Waals surface area contributed by atoms with Gasteiger partial charge in [-0.25, -0.2) is 4.79 Å². The summed E-state index contributed by atoms with van der Waals surface area (Å²) in [6.07, 6.45) is 0. The number of nitrogens with zero attached hydrogens (tertiary/aromatic N) is 1. The maximum atomic E-state index is 10.7. The molecule has 1 rings (SSSR count). The Morgan fingerprint density at radius 2 is 2.29 bits per heavy atom. The van der Waals surface area contributed by atoms with Crippen LogP contribution in [0.2, 0.25) is 0 Å². The van der Waals surface area contributed by atoms with Crippen molar-refractivity contribution in [1.82, 2.24) is 0 Å². The topological polar surface area (TPSA) is 61.1 Å². The Kier molecular flexibility index (Phi) is 3.39. The third kappa shape index (κ3) is 1.84. The fraction of sp³-hybridized carbons (Fsp3) is 0.111. The molecule has 72 valence electrons. The molecule has 0 saturated heterocycles. The van der Waals surface area contributed by atoms with Gasteiger partial charge < -0.3 is 5.11 Å². The minimum absolute atomic E-state index is 0.0583. The number of carbonyl (C=O) groups is 1. The number of benzene rings is 1. The van der Waals surface area contributed by atoms with E-state index in [-0.39, 0.29) is 16.3 Å². The summed E-state index contributed by atoms with van der Waals surface area (Å²) < 4.78 is 0. The molecule has 0 saturated carbocycles. The fourth-order valence-electron chi connectivity index (χ4n) is 1.05. The molecule has 5 heteroatoms. The summed E-state index contributed by atoms with van der Waals surface area (Å²) >= 11 is 9.64. The minimum Gasteiger partial charge on any atom is -0.478 e. The molecule has 0 amide bonds. The Labute approximate surface area is 91.3 Å². The van der Waals surface area contributed by atoms with Gasteiger partial charge in [-0.3, -0.25) is 0 Å². The lowest BCUT2D eigenvalue weighted by atomic mass is 10.1. The van der Waals surface area contributed by atoms with Gasteiger partial charge in [0, 0.05) is 10.8 Å². The highest BCUT2D eigenvalue weighted by Gasteiger charge is 2.13. The second-order valence-electron chi connectivity index (χ2n) is 2.54. The Hall–Kier alpha value is -1.18. The van der Waals surface area contributed by atoms with Gasteiger partial charge in [-0.1, -0.05) is 0 Å². The summed E-state index contributed by atoms with van der Waals surface area (Å²) in [5, 5.41) is 17.5. The lowest BCUT2D eigenvalue weighted by Crippen LogP contribution is -2.01. The molecular weight excluding hydrogens is 222 g/mol. The first kappa shape index (κ1) is 10.9. The van der Waals surface area contributed by atoms with E-state index in [1.165, 1.54) is 12.1 Å². The maximum Gasteiger partial charge on any atom is 0.336 e. The molecule has 0 unspecified atom stereocenters. The van der Waals surface area contributed by atoms with E-state index in [2.05, 4.69) is 12.6 Å². The molecule has 3 nitrogen and oxygen atoms in total. The number of thiol groups is 1. The van der Waals surface area contributed by atoms with Gasteiger partial charge in [0.2, 0.25) is 0 Å². The third-order valence-corrected chi connectivity index (χ3v) is 2.55. The van der Waals surface area contributed by atoms with Crippen molar-refractivity contribution in [3.8, 4) is 6.07 Å². The largest absolute Gasteiger partial charge is 0.478 e. The van der Waals surface area contributed by atoms with Crippen LogP contribution in [0.15, 0.2) is 17.0 Å². The zero-order valence-corrected chi connectivity index (χ0v) is 8.64. The molecule has 0 aliphatic heterocycles. The predicted molar refractivity (Wildman–Crippen MR) is 54.9 cm³/mol. The molecule has 0 bridgehead atoms. The van der Waals surface area contributed by atoms with Crippen LogP contribution in [0.5, 0.6) is 0 Å². The second-order valence-corrected chi connectivity index (χ2v) is 3.25. The highest BCUT2D eigenvalue weighted by atomic mass is 35.5. The van der Waals surface area contributed by atoms with Crippen LogP contribution in [0.4, 0.5) is 0 Å². The monoisotopic (exact) mass is 227 g/mol. The van der Waals surface area contributed by atoms with Crippen molar-refractivity contribution in [2.24, 2.45) is 0 Å². The van der Waals surface area contributed by atoms with Crippen LogP contribution in [-0.2, 0) is 5.88 Å². The minimum atomic E-state index is -1.08. The lowest BCUT2D eigenvalue weighted by molar-refractivity contribution is 0.0693. The molecular formula is C9H6ClNO2S. The molecule has 0 atom stereocenters. The van der Waals surface area contributed by atoms with Gasteiger partial charge in [0.05, 0.1) is 17.2 Å². The van der Waals surface area contributed by atoms with E-state index in [9.17, 15) is 4.79 Å². The number of carboxylic acid groups (broad SMARTS) is 1. The molecule has 0 aliphatic carbocycles. The average molecular weight is 228 g/mol. The van der Waals surface area contributed by atoms with E-state index in [0.29, 0.717) is 11.1 Å². The Balaban J connectivity index is 3.44. The zero-order chi connectivity index (χ0) is 10.7. The number of alkyl halides is 1. The Morgan fingerprint density at radius 3 is 2.71 bits per heavy atom. The van der Waals surface area contributed by atoms with Crippen LogP contribution in [-0.4, -0.2) is 11.1 Å². The highest BCUT2D eigenvalue weighted by molar-refractivity contribution is 7.80. The molecule has 14 heavy (non-hydrogen) atoms. The van der Waals surface area contributed by atoms with Gasteiger partial charge in [-0.15, -0.1) is 24.2 Å². The standard InChI is InChI=1S/C9H6ClNO2S/c10-3-7-5(4-11)1-2-6(8(7)14)9(12)13/h1-2,14H,3H2,(H,12,13). The van der Waals surface area contributed by atoms with E-state index in [1.54, 1.807) is 0 Å². The second kappa shape index (κ2) is 4.36. The van der Waals surface area contributed by atoms with Crippen molar-refractivity contribution in [1.29, 1.82) is 5.26 Å². The molecule has 0 heterocycles. The van der Waals surface area contributed by atoms with Crippen LogP contribution in [0.3, 0.4) is 0 Å². The van der Waals surface area contributed by atoms with Crippen molar-refractivity contribution >= 4 is 30.2 Å². The Morgan fingerprint density at radius 1 is 1.64 bits per heavy atom. The molecule has 1 aromatic carbocycles. The number of halogens is 1. The summed E-state index contributed by atoms with van der Waals surface area (Å²) in [7, 11) is 0. The number of carboxylic acids is 1.